The van der Waals surface area contributed by atoms with E-state index in [2.05, 4.69) is 15.6 Å². The molecule has 1 fully saturated rings. The maximum Gasteiger partial charge on any atom is 0.323 e. The molecule has 9 heteroatoms. The predicted molar refractivity (Wildman–Crippen MR) is 104 cm³/mol. The average Bonchev–Trinajstić information content (AvgIpc) is 2.69. The van der Waals surface area contributed by atoms with Gasteiger partial charge in [-0.25, -0.2) is 13.6 Å². The van der Waals surface area contributed by atoms with Crippen LogP contribution in [0, 0.1) is 18.6 Å². The van der Waals surface area contributed by atoms with Crippen LogP contribution in [0.1, 0.15) is 25.5 Å². The largest absolute Gasteiger partial charge is 0.482 e. The molecule has 154 valence electrons. The van der Waals surface area contributed by atoms with Crippen LogP contribution in [-0.4, -0.2) is 41.0 Å². The number of nitrogens with zero attached hydrogens (tertiary/aromatic N) is 2. The number of aromatic nitrogens is 1. The number of hydrogen-bond acceptors (Lipinski definition) is 4. The third-order valence-corrected chi connectivity index (χ3v) is 4.57. The summed E-state index contributed by atoms with van der Waals surface area (Å²) in [4.78, 5) is 29.3. The maximum absolute atomic E-state index is 14.8. The summed E-state index contributed by atoms with van der Waals surface area (Å²) in [5, 5.41) is 4.86. The van der Waals surface area contributed by atoms with Crippen molar-refractivity contribution in [2.75, 3.05) is 23.7 Å². The van der Waals surface area contributed by atoms with Gasteiger partial charge in [0.25, 0.3) is 0 Å². The molecule has 2 aromatic rings. The van der Waals surface area contributed by atoms with Gasteiger partial charge in [0, 0.05) is 19.2 Å². The van der Waals surface area contributed by atoms with E-state index in [-0.39, 0.29) is 18.1 Å². The smallest absolute Gasteiger partial charge is 0.323 e. The van der Waals surface area contributed by atoms with E-state index in [0.717, 1.165) is 17.8 Å². The second-order valence-corrected chi connectivity index (χ2v) is 6.85. The first-order valence-corrected chi connectivity index (χ1v) is 9.24. The molecule has 29 heavy (non-hydrogen) atoms. The number of amides is 3. The lowest BCUT2D eigenvalue weighted by Crippen LogP contribution is -2.43. The standard InChI is InChI=1S/C20H22F2N4O3/c1-12-5-6-14(10-23-12)24-20(28)25-17-8-7-16(21)19(18(17)22)29-15-4-3-9-26(11-15)13(2)27/h5-8,10,15H,3-4,9,11H2,1-2H3,(H2,24,25,28). The van der Waals surface area contributed by atoms with Crippen LogP contribution in [0.25, 0.3) is 0 Å². The monoisotopic (exact) mass is 404 g/mol. The van der Waals surface area contributed by atoms with Gasteiger partial charge in [-0.05, 0) is 44.0 Å². The van der Waals surface area contributed by atoms with Crippen molar-refractivity contribution < 1.29 is 23.1 Å². The summed E-state index contributed by atoms with van der Waals surface area (Å²) in [7, 11) is 0. The summed E-state index contributed by atoms with van der Waals surface area (Å²) in [5.74, 6) is -2.58. The molecule has 0 radical (unpaired) electrons. The van der Waals surface area contributed by atoms with E-state index in [1.54, 1.807) is 24.0 Å². The van der Waals surface area contributed by atoms with Crippen LogP contribution in [0.3, 0.4) is 0 Å². The molecule has 3 rings (SSSR count). The Morgan fingerprint density at radius 1 is 1.21 bits per heavy atom. The van der Waals surface area contributed by atoms with E-state index in [9.17, 15) is 18.4 Å². The number of likely N-dealkylation sites (tertiary alicyclic amines) is 1. The zero-order chi connectivity index (χ0) is 21.0. The molecule has 1 atom stereocenters. The van der Waals surface area contributed by atoms with E-state index >= 15 is 0 Å². The Morgan fingerprint density at radius 3 is 2.69 bits per heavy atom. The number of anilines is 2. The highest BCUT2D eigenvalue weighted by molar-refractivity contribution is 5.99. The number of piperidine rings is 1. The number of ether oxygens (including phenoxy) is 1. The van der Waals surface area contributed by atoms with Gasteiger partial charge in [0.05, 0.1) is 24.1 Å². The summed E-state index contributed by atoms with van der Waals surface area (Å²) < 4.78 is 34.5. The summed E-state index contributed by atoms with van der Waals surface area (Å²) in [6, 6.07) is 4.81. The molecule has 2 N–H and O–H groups in total. The molecule has 0 bridgehead atoms. The van der Waals surface area contributed by atoms with Crippen molar-refractivity contribution in [2.45, 2.75) is 32.8 Å². The Morgan fingerprint density at radius 2 is 2.00 bits per heavy atom. The number of pyridine rings is 1. The van der Waals surface area contributed by atoms with Gasteiger partial charge in [-0.15, -0.1) is 0 Å². The van der Waals surface area contributed by atoms with E-state index in [4.69, 9.17) is 4.74 Å². The number of hydrogen-bond donors (Lipinski definition) is 2. The molecular weight excluding hydrogens is 382 g/mol. The molecule has 0 spiro atoms. The highest BCUT2D eigenvalue weighted by Gasteiger charge is 2.26. The van der Waals surface area contributed by atoms with Crippen LogP contribution in [0.5, 0.6) is 5.75 Å². The summed E-state index contributed by atoms with van der Waals surface area (Å²) in [5.41, 5.74) is 0.991. The summed E-state index contributed by atoms with van der Waals surface area (Å²) in [6.45, 7) is 4.10. The molecule has 1 aromatic carbocycles. The van der Waals surface area contributed by atoms with Gasteiger partial charge in [0.2, 0.25) is 5.91 Å². The minimum absolute atomic E-state index is 0.114. The Kier molecular flexibility index (Phi) is 6.26. The maximum atomic E-state index is 14.8. The number of halogens is 2. The lowest BCUT2D eigenvalue weighted by molar-refractivity contribution is -0.131. The first kappa shape index (κ1) is 20.5. The van der Waals surface area contributed by atoms with Gasteiger partial charge in [-0.3, -0.25) is 9.78 Å². The fraction of sp³-hybridized carbons (Fsp3) is 0.350. The minimum atomic E-state index is -1.01. The quantitative estimate of drug-likeness (QED) is 0.814. The SMILES string of the molecule is CC(=O)N1CCCC(Oc2c(F)ccc(NC(=O)Nc3ccc(C)nc3)c2F)C1. The number of nitrogens with one attached hydrogen (secondary N) is 2. The normalized spacial score (nSPS) is 16.3. The van der Waals surface area contributed by atoms with Gasteiger partial charge in [0.15, 0.2) is 17.4 Å². The Balaban J connectivity index is 1.70. The fourth-order valence-electron chi connectivity index (χ4n) is 3.05. The van der Waals surface area contributed by atoms with Crippen molar-refractivity contribution >= 4 is 23.3 Å². The van der Waals surface area contributed by atoms with Crippen molar-refractivity contribution in [3.8, 4) is 5.75 Å². The summed E-state index contributed by atoms with van der Waals surface area (Å²) in [6.07, 6.45) is 2.19. The van der Waals surface area contributed by atoms with E-state index < -0.39 is 29.5 Å². The average molecular weight is 404 g/mol. The van der Waals surface area contributed by atoms with Gasteiger partial charge in [0.1, 0.15) is 6.10 Å². The molecular formula is C20H22F2N4O3. The zero-order valence-corrected chi connectivity index (χ0v) is 16.2. The number of aryl methyl sites for hydroxylation is 1. The third-order valence-electron chi connectivity index (χ3n) is 4.57. The first-order valence-electron chi connectivity index (χ1n) is 9.24. The Hall–Kier alpha value is -3.23. The molecule has 1 aliphatic rings. The van der Waals surface area contributed by atoms with Crippen LogP contribution < -0.4 is 15.4 Å². The van der Waals surface area contributed by atoms with Gasteiger partial charge in [-0.2, -0.15) is 0 Å². The van der Waals surface area contributed by atoms with Gasteiger partial charge in [-0.1, -0.05) is 0 Å². The van der Waals surface area contributed by atoms with Crippen molar-refractivity contribution in [3.63, 3.8) is 0 Å². The lowest BCUT2D eigenvalue weighted by Gasteiger charge is -2.32. The molecule has 1 unspecified atom stereocenters. The first-order chi connectivity index (χ1) is 13.8. The van der Waals surface area contributed by atoms with E-state index in [1.807, 2.05) is 0 Å². The molecule has 1 aliphatic heterocycles. The van der Waals surface area contributed by atoms with Crippen LogP contribution >= 0.6 is 0 Å². The number of carbonyl (C=O) groups is 2. The molecule has 3 amide bonds. The predicted octanol–water partition coefficient (Wildman–Crippen LogP) is 3.70. The third kappa shape index (κ3) is 5.18. The Bertz CT molecular complexity index is 905. The minimum Gasteiger partial charge on any atom is -0.482 e. The molecule has 0 aliphatic carbocycles. The second kappa shape index (κ2) is 8.85. The number of benzene rings is 1. The number of urea groups is 1. The van der Waals surface area contributed by atoms with E-state index in [0.29, 0.717) is 25.1 Å². The molecule has 1 aromatic heterocycles. The van der Waals surface area contributed by atoms with Crippen LogP contribution in [-0.2, 0) is 4.79 Å². The van der Waals surface area contributed by atoms with Crippen molar-refractivity contribution in [1.82, 2.24) is 9.88 Å². The zero-order valence-electron chi connectivity index (χ0n) is 16.2. The molecule has 7 nitrogen and oxygen atoms in total. The highest BCUT2D eigenvalue weighted by atomic mass is 19.1. The van der Waals surface area contributed by atoms with E-state index in [1.165, 1.54) is 13.1 Å². The molecule has 1 saturated heterocycles. The number of carbonyl (C=O) groups excluding carboxylic acids is 2. The van der Waals surface area contributed by atoms with Crippen LogP contribution in [0.15, 0.2) is 30.5 Å². The summed E-state index contributed by atoms with van der Waals surface area (Å²) >= 11 is 0. The molecule has 2 heterocycles. The van der Waals surface area contributed by atoms with Crippen molar-refractivity contribution in [2.24, 2.45) is 0 Å². The lowest BCUT2D eigenvalue weighted by atomic mass is 10.1. The van der Waals surface area contributed by atoms with Crippen LogP contribution in [0.2, 0.25) is 0 Å². The number of rotatable bonds is 4. The molecule has 0 saturated carbocycles. The highest BCUT2D eigenvalue weighted by Crippen LogP contribution is 2.30. The van der Waals surface area contributed by atoms with Crippen molar-refractivity contribution in [1.29, 1.82) is 0 Å². The van der Waals surface area contributed by atoms with Crippen LogP contribution in [0.4, 0.5) is 25.0 Å². The van der Waals surface area contributed by atoms with Gasteiger partial charge >= 0.3 is 6.03 Å². The van der Waals surface area contributed by atoms with Crippen molar-refractivity contribution in [3.05, 3.63) is 47.8 Å². The topological polar surface area (TPSA) is 83.6 Å². The second-order valence-electron chi connectivity index (χ2n) is 6.85. The fourth-order valence-corrected chi connectivity index (χ4v) is 3.05. The van der Waals surface area contributed by atoms with Gasteiger partial charge < -0.3 is 20.3 Å². The Labute approximate surface area is 167 Å².